The predicted molar refractivity (Wildman–Crippen MR) is 107 cm³/mol. The molecule has 0 saturated heterocycles. The zero-order chi connectivity index (χ0) is 21.0. The van der Waals surface area contributed by atoms with E-state index in [0.717, 1.165) is 0 Å². The smallest absolute Gasteiger partial charge is 0.340 e. The van der Waals surface area contributed by atoms with E-state index in [9.17, 15) is 24.9 Å². The normalized spacial score (nSPS) is 20.2. The van der Waals surface area contributed by atoms with Gasteiger partial charge in [0.1, 0.15) is 36.2 Å². The molecule has 0 saturated carbocycles. The molecular formula is C21H23NO7. The van der Waals surface area contributed by atoms with Gasteiger partial charge in [-0.2, -0.15) is 0 Å². The third-order valence-electron chi connectivity index (χ3n) is 4.92. The van der Waals surface area contributed by atoms with Crippen LogP contribution >= 0.6 is 0 Å². The van der Waals surface area contributed by atoms with Crippen molar-refractivity contribution in [3.63, 3.8) is 0 Å². The molecule has 8 heteroatoms. The summed E-state index contributed by atoms with van der Waals surface area (Å²) in [5, 5.41) is 41.6. The Morgan fingerprint density at radius 2 is 1.97 bits per heavy atom. The second-order valence-corrected chi connectivity index (χ2v) is 6.93. The molecule has 1 heterocycles. The molecule has 5 N–H and O–H groups in total. The second-order valence-electron chi connectivity index (χ2n) is 6.93. The summed E-state index contributed by atoms with van der Waals surface area (Å²) in [4.78, 5) is 23.7. The average molecular weight is 401 g/mol. The lowest BCUT2D eigenvalue weighted by Gasteiger charge is -2.26. The van der Waals surface area contributed by atoms with Crippen molar-refractivity contribution in [2.75, 3.05) is 11.9 Å². The minimum absolute atomic E-state index is 0.0486. The van der Waals surface area contributed by atoms with Crippen LogP contribution in [0, 0.1) is 0 Å². The number of aliphatic hydroxyl groups excluding tert-OH is 4. The van der Waals surface area contributed by atoms with E-state index in [0.29, 0.717) is 34.9 Å². The number of aliphatic hydroxyl groups is 4. The fourth-order valence-corrected chi connectivity index (χ4v) is 3.23. The molecule has 0 spiro atoms. The summed E-state index contributed by atoms with van der Waals surface area (Å²) in [6.45, 7) is -0.765. The first kappa shape index (κ1) is 20.9. The summed E-state index contributed by atoms with van der Waals surface area (Å²) >= 11 is 0. The van der Waals surface area contributed by atoms with Gasteiger partial charge in [-0.1, -0.05) is 24.3 Å². The van der Waals surface area contributed by atoms with Crippen LogP contribution in [-0.2, 0) is 4.79 Å². The van der Waals surface area contributed by atoms with Gasteiger partial charge in [-0.05, 0) is 24.6 Å². The largest absolute Gasteiger partial charge is 0.422 e. The third kappa shape index (κ3) is 4.63. The number of nitrogens with one attached hydrogen (secondary N) is 1. The van der Waals surface area contributed by atoms with Gasteiger partial charge in [0, 0.05) is 28.6 Å². The lowest BCUT2D eigenvalue weighted by Crippen LogP contribution is -2.49. The maximum atomic E-state index is 12.4. The molecular weight excluding hydrogens is 378 g/mol. The molecule has 29 heavy (non-hydrogen) atoms. The quantitative estimate of drug-likeness (QED) is 0.317. The molecule has 0 radical (unpaired) electrons. The van der Waals surface area contributed by atoms with Crippen LogP contribution < -0.4 is 10.9 Å². The molecule has 0 fully saturated rings. The first-order valence-corrected chi connectivity index (χ1v) is 9.22. The Kier molecular flexibility index (Phi) is 6.60. The molecule has 0 aliphatic heterocycles. The summed E-state index contributed by atoms with van der Waals surface area (Å²) in [6, 6.07) is 5.37. The molecule has 1 aromatic carbocycles. The number of hydrogen-bond acceptors (Lipinski definition) is 8. The number of allylic oxidation sites excluding steroid dienone is 4. The summed E-state index contributed by atoms with van der Waals surface area (Å²) in [7, 11) is 0. The van der Waals surface area contributed by atoms with Crippen LogP contribution in [0.15, 0.2) is 57.8 Å². The zero-order valence-electron chi connectivity index (χ0n) is 15.5. The van der Waals surface area contributed by atoms with Crippen molar-refractivity contribution < 1.29 is 29.6 Å². The van der Waals surface area contributed by atoms with Gasteiger partial charge in [0.05, 0.1) is 6.61 Å². The van der Waals surface area contributed by atoms with E-state index in [4.69, 9.17) is 9.52 Å². The van der Waals surface area contributed by atoms with E-state index >= 15 is 0 Å². The lowest BCUT2D eigenvalue weighted by atomic mass is 9.93. The van der Waals surface area contributed by atoms with Crippen molar-refractivity contribution in [2.45, 2.75) is 36.7 Å². The van der Waals surface area contributed by atoms with Crippen LogP contribution in [0.1, 0.15) is 17.9 Å². The summed E-state index contributed by atoms with van der Waals surface area (Å²) in [5.41, 5.74) is 0.777. The minimum atomic E-state index is -1.72. The van der Waals surface area contributed by atoms with Gasteiger partial charge in [0.15, 0.2) is 0 Å². The molecule has 2 aromatic rings. The Morgan fingerprint density at radius 3 is 2.62 bits per heavy atom. The maximum absolute atomic E-state index is 12.4. The molecule has 0 amide bonds. The standard InChI is InChI=1S/C21H23NO7/c23-10-16(19(26)20(27)17(25)11-24)22-14-7-6-13-8-15(12-4-2-1-3-5-12)21(28)29-18(13)9-14/h1-4,6-10,12,16-17,19-20,22,24-27H,5,11H2/t12?,16-,17+,19+,20+/m1/s1. The van der Waals surface area contributed by atoms with E-state index < -0.39 is 36.6 Å². The molecule has 5 atom stereocenters. The van der Waals surface area contributed by atoms with Crippen molar-refractivity contribution in [1.29, 1.82) is 0 Å². The topological polar surface area (TPSA) is 140 Å². The number of carbonyl (C=O) groups excluding carboxylic acids is 1. The second kappa shape index (κ2) is 9.15. The highest BCUT2D eigenvalue weighted by atomic mass is 16.4. The molecule has 0 bridgehead atoms. The molecule has 1 unspecified atom stereocenters. The molecule has 8 nitrogen and oxygen atoms in total. The van der Waals surface area contributed by atoms with Gasteiger partial charge in [0.25, 0.3) is 0 Å². The fourth-order valence-electron chi connectivity index (χ4n) is 3.23. The summed E-state index contributed by atoms with van der Waals surface area (Å²) in [6.07, 6.45) is 3.85. The van der Waals surface area contributed by atoms with Crippen LogP contribution in [0.5, 0.6) is 0 Å². The van der Waals surface area contributed by atoms with Crippen molar-refractivity contribution in [3.8, 4) is 0 Å². The first-order chi connectivity index (χ1) is 13.9. The molecule has 1 aliphatic rings. The van der Waals surface area contributed by atoms with Crippen molar-refractivity contribution >= 4 is 22.9 Å². The fraction of sp³-hybridized carbons (Fsp3) is 0.333. The first-order valence-electron chi connectivity index (χ1n) is 9.22. The van der Waals surface area contributed by atoms with E-state index in [1.54, 1.807) is 18.2 Å². The van der Waals surface area contributed by atoms with E-state index in [2.05, 4.69) is 5.32 Å². The lowest BCUT2D eigenvalue weighted by molar-refractivity contribution is -0.117. The summed E-state index contributed by atoms with van der Waals surface area (Å²) in [5.74, 6) is -0.0486. The minimum Gasteiger partial charge on any atom is -0.422 e. The number of carbonyl (C=O) groups is 1. The molecule has 1 aliphatic carbocycles. The number of rotatable bonds is 8. The molecule has 154 valence electrons. The number of hydrogen-bond donors (Lipinski definition) is 5. The van der Waals surface area contributed by atoms with Gasteiger partial charge in [-0.25, -0.2) is 4.79 Å². The highest BCUT2D eigenvalue weighted by molar-refractivity contribution is 5.81. The third-order valence-corrected chi connectivity index (χ3v) is 4.92. The van der Waals surface area contributed by atoms with Crippen LogP contribution in [-0.4, -0.2) is 57.7 Å². The Balaban J connectivity index is 1.83. The zero-order valence-corrected chi connectivity index (χ0v) is 15.5. The Morgan fingerprint density at radius 1 is 1.17 bits per heavy atom. The van der Waals surface area contributed by atoms with Gasteiger partial charge >= 0.3 is 5.63 Å². The van der Waals surface area contributed by atoms with Crippen molar-refractivity contribution in [1.82, 2.24) is 0 Å². The van der Waals surface area contributed by atoms with Gasteiger partial charge in [0.2, 0.25) is 0 Å². The SMILES string of the molecule is O=C[C@@H](Nc1ccc2cc(C3C=CC=CC3)c(=O)oc2c1)[C@H](O)[C@@H](O)[C@@H](O)CO. The van der Waals surface area contributed by atoms with Gasteiger partial charge in [-0.15, -0.1) is 0 Å². The average Bonchev–Trinajstić information content (AvgIpc) is 2.75. The van der Waals surface area contributed by atoms with Crippen LogP contribution in [0.4, 0.5) is 5.69 Å². The van der Waals surface area contributed by atoms with Gasteiger partial charge < -0.3 is 35.0 Å². The van der Waals surface area contributed by atoms with Crippen molar-refractivity contribution in [3.05, 3.63) is 64.6 Å². The summed E-state index contributed by atoms with van der Waals surface area (Å²) < 4.78 is 5.44. The van der Waals surface area contributed by atoms with Gasteiger partial charge in [-0.3, -0.25) is 0 Å². The number of aldehydes is 1. The molecule has 1 aromatic heterocycles. The highest BCUT2D eigenvalue weighted by Gasteiger charge is 2.31. The monoisotopic (exact) mass is 401 g/mol. The van der Waals surface area contributed by atoms with E-state index in [-0.39, 0.29) is 5.92 Å². The van der Waals surface area contributed by atoms with Crippen LogP contribution in [0.3, 0.4) is 0 Å². The molecule has 3 rings (SSSR count). The predicted octanol–water partition coefficient (Wildman–Crippen LogP) is 0.447. The maximum Gasteiger partial charge on any atom is 0.340 e. The Bertz CT molecular complexity index is 981. The number of fused-ring (bicyclic) bond motifs is 1. The van der Waals surface area contributed by atoms with Crippen LogP contribution in [0.2, 0.25) is 0 Å². The number of benzene rings is 1. The van der Waals surface area contributed by atoms with E-state index in [1.807, 2.05) is 24.3 Å². The van der Waals surface area contributed by atoms with Crippen molar-refractivity contribution in [2.24, 2.45) is 0 Å². The van der Waals surface area contributed by atoms with E-state index in [1.165, 1.54) is 6.07 Å². The van der Waals surface area contributed by atoms with Crippen LogP contribution in [0.25, 0.3) is 11.0 Å². The highest BCUT2D eigenvalue weighted by Crippen LogP contribution is 2.26. The Labute approximate surface area is 166 Å². The number of anilines is 1. The Hall–Kier alpha value is -2.78.